The molecule has 17 heavy (non-hydrogen) atoms. The molecule has 1 heterocycles. The highest BCUT2D eigenvalue weighted by Crippen LogP contribution is 2.23. The molecule has 0 fully saturated rings. The van der Waals surface area contributed by atoms with E-state index in [1.807, 2.05) is 31.2 Å². The lowest BCUT2D eigenvalue weighted by molar-refractivity contribution is 1.10. The number of aromatic nitrogens is 2. The maximum absolute atomic E-state index is 5.84. The topological polar surface area (TPSA) is 37.8 Å². The van der Waals surface area contributed by atoms with Crippen LogP contribution in [0.1, 0.15) is 6.92 Å². The van der Waals surface area contributed by atoms with Gasteiger partial charge < -0.3 is 5.32 Å². The first-order chi connectivity index (χ1) is 8.20. The molecule has 3 nitrogen and oxygen atoms in total. The molecule has 1 aromatic carbocycles. The van der Waals surface area contributed by atoms with E-state index >= 15 is 0 Å². The van der Waals surface area contributed by atoms with Gasteiger partial charge in [-0.2, -0.15) is 0 Å². The lowest BCUT2D eigenvalue weighted by Gasteiger charge is -2.07. The molecule has 0 radical (unpaired) electrons. The molecule has 0 spiro atoms. The van der Waals surface area contributed by atoms with Crippen molar-refractivity contribution in [3.05, 3.63) is 40.0 Å². The molecule has 1 N–H and O–H groups in total. The molecule has 0 aliphatic rings. The predicted octanol–water partition coefficient (Wildman–Crippen LogP) is 3.99. The van der Waals surface area contributed by atoms with Crippen LogP contribution >= 0.6 is 27.5 Å². The Morgan fingerprint density at radius 2 is 2.00 bits per heavy atom. The number of hydrogen-bond acceptors (Lipinski definition) is 3. The highest BCUT2D eigenvalue weighted by Gasteiger charge is 2.06. The fourth-order valence-corrected chi connectivity index (χ4v) is 1.85. The third kappa shape index (κ3) is 2.96. The van der Waals surface area contributed by atoms with Crippen LogP contribution in [-0.2, 0) is 0 Å². The Kier molecular flexibility index (Phi) is 3.97. The van der Waals surface area contributed by atoms with E-state index in [4.69, 9.17) is 11.6 Å². The Bertz CT molecular complexity index is 514. The molecule has 88 valence electrons. The Hall–Kier alpha value is -1.13. The smallest absolute Gasteiger partial charge is 0.161 e. The first-order valence-corrected chi connectivity index (χ1v) is 6.40. The summed E-state index contributed by atoms with van der Waals surface area (Å²) in [4.78, 5) is 8.73. The van der Waals surface area contributed by atoms with Crippen LogP contribution < -0.4 is 5.32 Å². The molecule has 1 aromatic heterocycles. The van der Waals surface area contributed by atoms with Gasteiger partial charge in [-0.15, -0.1) is 0 Å². The largest absolute Gasteiger partial charge is 0.369 e. The fraction of sp³-hybridized carbons (Fsp3) is 0.167. The summed E-state index contributed by atoms with van der Waals surface area (Å²) in [6, 6.07) is 7.47. The SMILES string of the molecule is CCNc1nc(-c2ccc(Cl)cc2)ncc1Br. The molecule has 0 saturated heterocycles. The summed E-state index contributed by atoms with van der Waals surface area (Å²) in [6.07, 6.45) is 1.74. The molecule has 0 amide bonds. The van der Waals surface area contributed by atoms with Gasteiger partial charge in [0.2, 0.25) is 0 Å². The van der Waals surface area contributed by atoms with E-state index in [1.165, 1.54) is 0 Å². The number of anilines is 1. The highest BCUT2D eigenvalue weighted by atomic mass is 79.9. The lowest BCUT2D eigenvalue weighted by Crippen LogP contribution is -2.02. The Morgan fingerprint density at radius 1 is 1.29 bits per heavy atom. The molecular weight excluding hydrogens is 302 g/mol. The molecule has 0 aliphatic heterocycles. The Balaban J connectivity index is 2.39. The van der Waals surface area contributed by atoms with Gasteiger partial charge in [0.15, 0.2) is 5.82 Å². The quantitative estimate of drug-likeness (QED) is 0.931. The average Bonchev–Trinajstić information content (AvgIpc) is 2.33. The van der Waals surface area contributed by atoms with Crippen molar-refractivity contribution in [1.29, 1.82) is 0 Å². The molecule has 2 aromatic rings. The molecule has 0 atom stereocenters. The van der Waals surface area contributed by atoms with Crippen LogP contribution in [0.2, 0.25) is 5.02 Å². The standard InChI is InChI=1S/C12H11BrClN3/c1-2-15-12-10(13)7-16-11(17-12)8-3-5-9(14)6-4-8/h3-7H,2H2,1H3,(H,15,16,17). The highest BCUT2D eigenvalue weighted by molar-refractivity contribution is 9.10. The number of benzene rings is 1. The zero-order valence-electron chi connectivity index (χ0n) is 9.24. The maximum Gasteiger partial charge on any atom is 0.161 e. The van der Waals surface area contributed by atoms with Gasteiger partial charge in [-0.05, 0) is 47.1 Å². The van der Waals surface area contributed by atoms with Crippen LogP contribution in [0.15, 0.2) is 34.9 Å². The van der Waals surface area contributed by atoms with Crippen molar-refractivity contribution in [2.45, 2.75) is 6.92 Å². The van der Waals surface area contributed by atoms with Gasteiger partial charge >= 0.3 is 0 Å². The van der Waals surface area contributed by atoms with Crippen LogP contribution in [0, 0.1) is 0 Å². The zero-order valence-corrected chi connectivity index (χ0v) is 11.6. The molecule has 0 bridgehead atoms. The maximum atomic E-state index is 5.84. The molecule has 5 heteroatoms. The van der Waals surface area contributed by atoms with Crippen LogP contribution in [0.5, 0.6) is 0 Å². The lowest BCUT2D eigenvalue weighted by atomic mass is 10.2. The minimum atomic E-state index is 0.681. The molecule has 0 saturated carbocycles. The average molecular weight is 313 g/mol. The summed E-state index contributed by atoms with van der Waals surface area (Å²) in [6.45, 7) is 2.84. The first-order valence-electron chi connectivity index (χ1n) is 5.23. The van der Waals surface area contributed by atoms with Crippen molar-refractivity contribution in [3.63, 3.8) is 0 Å². The van der Waals surface area contributed by atoms with Crippen molar-refractivity contribution >= 4 is 33.3 Å². The normalized spacial score (nSPS) is 10.3. The number of halogens is 2. The molecule has 2 rings (SSSR count). The third-order valence-corrected chi connectivity index (χ3v) is 3.02. The van der Waals surface area contributed by atoms with E-state index in [1.54, 1.807) is 6.20 Å². The predicted molar refractivity (Wildman–Crippen MR) is 74.3 cm³/mol. The Morgan fingerprint density at radius 3 is 2.65 bits per heavy atom. The second kappa shape index (κ2) is 5.47. The Labute approximate surface area is 113 Å². The van der Waals surface area contributed by atoms with Crippen molar-refractivity contribution in [1.82, 2.24) is 9.97 Å². The van der Waals surface area contributed by atoms with Crippen LogP contribution in [-0.4, -0.2) is 16.5 Å². The summed E-state index contributed by atoms with van der Waals surface area (Å²) in [5.41, 5.74) is 0.945. The second-order valence-electron chi connectivity index (χ2n) is 3.43. The summed E-state index contributed by atoms with van der Waals surface area (Å²) < 4.78 is 0.858. The van der Waals surface area contributed by atoms with E-state index in [-0.39, 0.29) is 0 Å². The number of hydrogen-bond donors (Lipinski definition) is 1. The number of rotatable bonds is 3. The molecule has 0 aliphatic carbocycles. The summed E-state index contributed by atoms with van der Waals surface area (Å²) in [5, 5.41) is 3.88. The summed E-state index contributed by atoms with van der Waals surface area (Å²) >= 11 is 9.25. The monoisotopic (exact) mass is 311 g/mol. The van der Waals surface area contributed by atoms with E-state index < -0.39 is 0 Å². The molecular formula is C12H11BrClN3. The van der Waals surface area contributed by atoms with E-state index in [0.717, 1.165) is 22.4 Å². The van der Waals surface area contributed by atoms with Gasteiger partial charge in [0.1, 0.15) is 5.82 Å². The first kappa shape index (κ1) is 12.3. The van der Waals surface area contributed by atoms with Crippen LogP contribution in [0.25, 0.3) is 11.4 Å². The summed E-state index contributed by atoms with van der Waals surface area (Å²) in [5.74, 6) is 1.48. The van der Waals surface area contributed by atoms with Gasteiger partial charge in [0.05, 0.1) is 4.47 Å². The zero-order chi connectivity index (χ0) is 12.3. The van der Waals surface area contributed by atoms with E-state index in [0.29, 0.717) is 10.8 Å². The van der Waals surface area contributed by atoms with Gasteiger partial charge in [0.25, 0.3) is 0 Å². The van der Waals surface area contributed by atoms with E-state index in [9.17, 15) is 0 Å². The van der Waals surface area contributed by atoms with Gasteiger partial charge in [-0.1, -0.05) is 11.6 Å². The van der Waals surface area contributed by atoms with Crippen molar-refractivity contribution in [3.8, 4) is 11.4 Å². The van der Waals surface area contributed by atoms with Gasteiger partial charge in [-0.25, -0.2) is 9.97 Å². The van der Waals surface area contributed by atoms with Crippen molar-refractivity contribution in [2.24, 2.45) is 0 Å². The fourth-order valence-electron chi connectivity index (χ4n) is 1.40. The third-order valence-electron chi connectivity index (χ3n) is 2.19. The van der Waals surface area contributed by atoms with Gasteiger partial charge in [-0.3, -0.25) is 0 Å². The van der Waals surface area contributed by atoms with Crippen molar-refractivity contribution in [2.75, 3.05) is 11.9 Å². The number of nitrogens with zero attached hydrogens (tertiary/aromatic N) is 2. The second-order valence-corrected chi connectivity index (χ2v) is 4.72. The van der Waals surface area contributed by atoms with Crippen LogP contribution in [0.3, 0.4) is 0 Å². The summed E-state index contributed by atoms with van der Waals surface area (Å²) in [7, 11) is 0. The van der Waals surface area contributed by atoms with Gasteiger partial charge in [0, 0.05) is 23.3 Å². The van der Waals surface area contributed by atoms with Crippen LogP contribution in [0.4, 0.5) is 5.82 Å². The minimum absolute atomic E-state index is 0.681. The minimum Gasteiger partial charge on any atom is -0.369 e. The van der Waals surface area contributed by atoms with Crippen molar-refractivity contribution < 1.29 is 0 Å². The van der Waals surface area contributed by atoms with E-state index in [2.05, 4.69) is 31.2 Å². The molecule has 0 unspecified atom stereocenters. The number of nitrogens with one attached hydrogen (secondary N) is 1.